The van der Waals surface area contributed by atoms with Crippen molar-refractivity contribution >= 4 is 11.5 Å². The molecule has 1 atom stereocenters. The lowest BCUT2D eigenvalue weighted by molar-refractivity contribution is 0.439. The van der Waals surface area contributed by atoms with Crippen molar-refractivity contribution in [3.05, 3.63) is 11.8 Å². The molecule has 1 aromatic heterocycles. The molecule has 1 fully saturated rings. The Hall–Kier alpha value is -1.63. The molecule has 0 unspecified atom stereocenters. The Morgan fingerprint density at radius 2 is 2.32 bits per heavy atom. The minimum absolute atomic E-state index is 0.694. The molecule has 104 valence electrons. The second kappa shape index (κ2) is 6.01. The fourth-order valence-electron chi connectivity index (χ4n) is 2.93. The average molecular weight is 260 g/mol. The average Bonchev–Trinajstić information content (AvgIpc) is 2.72. The van der Waals surface area contributed by atoms with Crippen LogP contribution in [0.1, 0.15) is 45.2 Å². The van der Waals surface area contributed by atoms with Gasteiger partial charge in [-0.15, -0.1) is 0 Å². The third kappa shape index (κ3) is 2.86. The largest absolute Gasteiger partial charge is 0.396 e. The Bertz CT molecular complexity index is 469. The van der Waals surface area contributed by atoms with E-state index in [-0.39, 0.29) is 0 Å². The predicted molar refractivity (Wildman–Crippen MR) is 79.1 cm³/mol. The van der Waals surface area contributed by atoms with E-state index in [1.807, 2.05) is 6.07 Å². The molecule has 1 aromatic rings. The lowest BCUT2D eigenvalue weighted by atomic mass is 10.0. The highest BCUT2D eigenvalue weighted by Crippen LogP contribution is 2.31. The highest BCUT2D eigenvalue weighted by atomic mass is 15.3. The van der Waals surface area contributed by atoms with Crippen LogP contribution in [0.25, 0.3) is 0 Å². The third-order valence-electron chi connectivity index (χ3n) is 3.90. The summed E-state index contributed by atoms with van der Waals surface area (Å²) in [5.41, 5.74) is 7.60. The minimum Gasteiger partial charge on any atom is -0.396 e. The molecular formula is C15H24N4. The van der Waals surface area contributed by atoms with Crippen LogP contribution in [-0.4, -0.2) is 17.7 Å². The van der Waals surface area contributed by atoms with Gasteiger partial charge < -0.3 is 15.2 Å². The number of unbranched alkanes of at least 4 members (excludes halogenated alkanes) is 1. The van der Waals surface area contributed by atoms with E-state index < -0.39 is 0 Å². The fraction of sp³-hybridized carbons (Fsp3) is 0.667. The number of hydrogen-bond acceptors (Lipinski definition) is 3. The van der Waals surface area contributed by atoms with Crippen molar-refractivity contribution in [1.29, 1.82) is 5.26 Å². The van der Waals surface area contributed by atoms with E-state index in [9.17, 15) is 5.26 Å². The van der Waals surface area contributed by atoms with E-state index in [2.05, 4.69) is 29.4 Å². The zero-order chi connectivity index (χ0) is 13.8. The molecule has 1 aliphatic rings. The minimum atomic E-state index is 0.694. The molecule has 0 aromatic carbocycles. The molecule has 0 amide bonds. The lowest BCUT2D eigenvalue weighted by Gasteiger charge is -2.33. The number of aromatic nitrogens is 1. The highest BCUT2D eigenvalue weighted by molar-refractivity contribution is 5.68. The summed E-state index contributed by atoms with van der Waals surface area (Å²) in [5.74, 6) is 1.77. The van der Waals surface area contributed by atoms with Gasteiger partial charge in [-0.2, -0.15) is 5.26 Å². The molecule has 0 bridgehead atoms. The SMILES string of the molecule is CCCCn1c(C#N)cc(N)c1N1CCC[C@H](C)C1. The van der Waals surface area contributed by atoms with Gasteiger partial charge in [-0.3, -0.25) is 0 Å². The zero-order valence-corrected chi connectivity index (χ0v) is 12.0. The fourth-order valence-corrected chi connectivity index (χ4v) is 2.93. The Morgan fingerprint density at radius 3 is 2.95 bits per heavy atom. The van der Waals surface area contributed by atoms with Crippen LogP contribution >= 0.6 is 0 Å². The third-order valence-corrected chi connectivity index (χ3v) is 3.90. The van der Waals surface area contributed by atoms with E-state index >= 15 is 0 Å². The Balaban J connectivity index is 2.32. The van der Waals surface area contributed by atoms with E-state index in [4.69, 9.17) is 5.73 Å². The molecule has 0 saturated carbocycles. The summed E-state index contributed by atoms with van der Waals surface area (Å²) >= 11 is 0. The Labute approximate surface area is 115 Å². The molecule has 19 heavy (non-hydrogen) atoms. The number of anilines is 2. The van der Waals surface area contributed by atoms with Gasteiger partial charge in [0.1, 0.15) is 17.6 Å². The normalized spacial score (nSPS) is 19.4. The van der Waals surface area contributed by atoms with Crippen molar-refractivity contribution < 1.29 is 0 Å². The maximum absolute atomic E-state index is 9.26. The van der Waals surface area contributed by atoms with Gasteiger partial charge in [-0.1, -0.05) is 20.3 Å². The van der Waals surface area contributed by atoms with Crippen LogP contribution in [0.4, 0.5) is 11.5 Å². The number of nitrogen functional groups attached to an aromatic ring is 1. The maximum Gasteiger partial charge on any atom is 0.133 e. The van der Waals surface area contributed by atoms with Gasteiger partial charge in [0.15, 0.2) is 0 Å². The molecule has 2 rings (SSSR count). The van der Waals surface area contributed by atoms with Gasteiger partial charge in [0, 0.05) is 19.6 Å². The first-order valence-corrected chi connectivity index (χ1v) is 7.31. The smallest absolute Gasteiger partial charge is 0.133 e. The first-order chi connectivity index (χ1) is 9.17. The number of nitriles is 1. The predicted octanol–water partition coefficient (Wildman–Crippen LogP) is 2.98. The number of hydrogen-bond donors (Lipinski definition) is 1. The summed E-state index contributed by atoms with van der Waals surface area (Å²) < 4.78 is 2.11. The van der Waals surface area contributed by atoms with Crippen molar-refractivity contribution in [3.8, 4) is 6.07 Å². The number of piperidine rings is 1. The van der Waals surface area contributed by atoms with Crippen LogP contribution in [-0.2, 0) is 6.54 Å². The van der Waals surface area contributed by atoms with Gasteiger partial charge in [-0.05, 0) is 31.2 Å². The topological polar surface area (TPSA) is 58.0 Å². The first-order valence-electron chi connectivity index (χ1n) is 7.31. The summed E-state index contributed by atoms with van der Waals surface area (Å²) in [5, 5.41) is 9.26. The molecule has 4 nitrogen and oxygen atoms in total. The molecule has 0 radical (unpaired) electrons. The summed E-state index contributed by atoms with van der Waals surface area (Å²) in [6, 6.07) is 4.10. The molecule has 0 aliphatic carbocycles. The molecule has 1 saturated heterocycles. The van der Waals surface area contributed by atoms with E-state index in [0.29, 0.717) is 11.6 Å². The van der Waals surface area contributed by atoms with Crippen LogP contribution in [0.15, 0.2) is 6.07 Å². The summed E-state index contributed by atoms with van der Waals surface area (Å²) in [7, 11) is 0. The monoisotopic (exact) mass is 260 g/mol. The van der Waals surface area contributed by atoms with Crippen LogP contribution in [0.5, 0.6) is 0 Å². The van der Waals surface area contributed by atoms with Gasteiger partial charge in [0.05, 0.1) is 5.69 Å². The van der Waals surface area contributed by atoms with E-state index in [0.717, 1.165) is 44.0 Å². The molecule has 2 heterocycles. The van der Waals surface area contributed by atoms with Crippen LogP contribution in [0.3, 0.4) is 0 Å². The molecule has 4 heteroatoms. The summed E-state index contributed by atoms with van der Waals surface area (Å²) in [4.78, 5) is 2.36. The van der Waals surface area contributed by atoms with Gasteiger partial charge in [0.25, 0.3) is 0 Å². The van der Waals surface area contributed by atoms with Crippen molar-refractivity contribution in [1.82, 2.24) is 4.57 Å². The quantitative estimate of drug-likeness (QED) is 0.905. The number of rotatable bonds is 4. The number of nitrogens with zero attached hydrogens (tertiary/aromatic N) is 3. The van der Waals surface area contributed by atoms with Crippen LogP contribution in [0, 0.1) is 17.2 Å². The van der Waals surface area contributed by atoms with E-state index in [1.54, 1.807) is 0 Å². The lowest BCUT2D eigenvalue weighted by Crippen LogP contribution is -2.36. The second-order valence-corrected chi connectivity index (χ2v) is 5.62. The summed E-state index contributed by atoms with van der Waals surface area (Å²) in [6.45, 7) is 7.44. The number of nitrogens with two attached hydrogens (primary N) is 1. The second-order valence-electron chi connectivity index (χ2n) is 5.62. The Morgan fingerprint density at radius 1 is 1.53 bits per heavy atom. The summed E-state index contributed by atoms with van der Waals surface area (Å²) in [6.07, 6.45) is 4.70. The highest BCUT2D eigenvalue weighted by Gasteiger charge is 2.23. The van der Waals surface area contributed by atoms with Crippen LogP contribution in [0.2, 0.25) is 0 Å². The van der Waals surface area contributed by atoms with Gasteiger partial charge in [0.2, 0.25) is 0 Å². The first kappa shape index (κ1) is 13.8. The van der Waals surface area contributed by atoms with E-state index in [1.165, 1.54) is 12.8 Å². The van der Waals surface area contributed by atoms with Crippen LogP contribution < -0.4 is 10.6 Å². The Kier molecular flexibility index (Phi) is 4.36. The molecule has 2 N–H and O–H groups in total. The molecule has 1 aliphatic heterocycles. The van der Waals surface area contributed by atoms with Crippen molar-refractivity contribution in [2.75, 3.05) is 23.7 Å². The molecule has 0 spiro atoms. The standard InChI is InChI=1S/C15H24N4/c1-3-4-8-19-13(10-16)9-14(17)15(19)18-7-5-6-12(2)11-18/h9,12H,3-8,11,17H2,1-2H3/t12-/m0/s1. The van der Waals surface area contributed by atoms with Crippen molar-refractivity contribution in [3.63, 3.8) is 0 Å². The zero-order valence-electron chi connectivity index (χ0n) is 12.0. The molecular weight excluding hydrogens is 236 g/mol. The van der Waals surface area contributed by atoms with Crippen molar-refractivity contribution in [2.45, 2.75) is 46.1 Å². The van der Waals surface area contributed by atoms with Crippen molar-refractivity contribution in [2.24, 2.45) is 5.92 Å². The maximum atomic E-state index is 9.26. The van der Waals surface area contributed by atoms with Gasteiger partial charge in [-0.25, -0.2) is 0 Å². The van der Waals surface area contributed by atoms with Gasteiger partial charge >= 0.3 is 0 Å².